The summed E-state index contributed by atoms with van der Waals surface area (Å²) < 4.78 is 5.43. The van der Waals surface area contributed by atoms with Crippen molar-refractivity contribution in [2.45, 2.75) is 33.2 Å². The lowest BCUT2D eigenvalue weighted by molar-refractivity contribution is 0.418. The van der Waals surface area contributed by atoms with Crippen LogP contribution in [0.25, 0.3) is 22.4 Å². The average molecular weight is 333 g/mol. The Hall–Kier alpha value is -1.98. The highest BCUT2D eigenvalue weighted by molar-refractivity contribution is 5.85. The predicted octanol–water partition coefficient (Wildman–Crippen LogP) is 3.47. The van der Waals surface area contributed by atoms with Crippen molar-refractivity contribution >= 4 is 23.3 Å². The third kappa shape index (κ3) is 3.68. The van der Waals surface area contributed by atoms with E-state index in [0.29, 0.717) is 17.8 Å². The highest BCUT2D eigenvalue weighted by Crippen LogP contribution is 2.25. The number of hydrogen-bond donors (Lipinski definition) is 1. The van der Waals surface area contributed by atoms with Gasteiger partial charge in [-0.05, 0) is 46.0 Å². The van der Waals surface area contributed by atoms with Crippen LogP contribution in [0.1, 0.15) is 24.0 Å². The average Bonchev–Trinajstić information content (AvgIpc) is 2.95. The zero-order valence-corrected chi connectivity index (χ0v) is 14.6. The van der Waals surface area contributed by atoms with Crippen LogP contribution in [0.3, 0.4) is 0 Å². The molecule has 6 heteroatoms. The first-order chi connectivity index (χ1) is 10.6. The second-order valence-electron chi connectivity index (χ2n) is 5.73. The molecule has 3 rings (SSSR count). The maximum Gasteiger partial charge on any atom is 0.259 e. The first-order valence-electron chi connectivity index (χ1n) is 7.45. The number of pyridine rings is 1. The number of rotatable bonds is 4. The van der Waals surface area contributed by atoms with E-state index in [2.05, 4.69) is 52.5 Å². The SMILES string of the molecule is CNC(C)Cc1noc(-c2cc3cc(C)ccc3nc2C)n1.Cl. The minimum absolute atomic E-state index is 0. The van der Waals surface area contributed by atoms with Gasteiger partial charge in [0, 0.05) is 17.8 Å². The summed E-state index contributed by atoms with van der Waals surface area (Å²) in [6, 6.07) is 8.60. The van der Waals surface area contributed by atoms with Gasteiger partial charge in [0.15, 0.2) is 5.82 Å². The summed E-state index contributed by atoms with van der Waals surface area (Å²) in [6.07, 6.45) is 0.735. The molecule has 0 aliphatic carbocycles. The fourth-order valence-electron chi connectivity index (χ4n) is 2.43. The Labute approximate surface area is 141 Å². The van der Waals surface area contributed by atoms with Gasteiger partial charge in [0.25, 0.3) is 5.89 Å². The Bertz CT molecular complexity index is 815. The molecule has 1 unspecified atom stereocenters. The number of aromatic nitrogens is 3. The topological polar surface area (TPSA) is 63.8 Å². The van der Waals surface area contributed by atoms with Crippen molar-refractivity contribution in [2.75, 3.05) is 7.05 Å². The van der Waals surface area contributed by atoms with Crippen LogP contribution < -0.4 is 5.32 Å². The van der Waals surface area contributed by atoms with E-state index in [9.17, 15) is 0 Å². The number of benzene rings is 1. The molecule has 0 saturated heterocycles. The van der Waals surface area contributed by atoms with E-state index in [1.165, 1.54) is 5.56 Å². The van der Waals surface area contributed by atoms with Gasteiger partial charge in [-0.25, -0.2) is 0 Å². The van der Waals surface area contributed by atoms with Crippen LogP contribution in [-0.4, -0.2) is 28.2 Å². The Balaban J connectivity index is 0.00000192. The molecule has 0 aliphatic heterocycles. The summed E-state index contributed by atoms with van der Waals surface area (Å²) >= 11 is 0. The molecule has 1 aromatic carbocycles. The number of likely N-dealkylation sites (N-methyl/N-ethyl adjacent to an activating group) is 1. The number of halogens is 1. The summed E-state index contributed by atoms with van der Waals surface area (Å²) in [5.41, 5.74) is 3.98. The molecular formula is C17H21ClN4O. The fourth-order valence-corrected chi connectivity index (χ4v) is 2.43. The number of fused-ring (bicyclic) bond motifs is 1. The zero-order chi connectivity index (χ0) is 15.7. The highest BCUT2D eigenvalue weighted by atomic mass is 35.5. The molecule has 0 bridgehead atoms. The Kier molecular flexibility index (Phi) is 5.34. The minimum Gasteiger partial charge on any atom is -0.334 e. The molecule has 3 aromatic rings. The summed E-state index contributed by atoms with van der Waals surface area (Å²) in [5.74, 6) is 1.24. The standard InChI is InChI=1S/C17H20N4O.ClH/c1-10-5-6-15-13(7-10)9-14(12(3)19-15)17-20-16(21-22-17)8-11(2)18-4;/h5-7,9,11,18H,8H2,1-4H3;1H. The van der Waals surface area contributed by atoms with E-state index < -0.39 is 0 Å². The molecule has 1 atom stereocenters. The van der Waals surface area contributed by atoms with E-state index in [1.54, 1.807) is 0 Å². The molecule has 0 spiro atoms. The molecule has 2 heterocycles. The van der Waals surface area contributed by atoms with Crippen molar-refractivity contribution < 1.29 is 4.52 Å². The van der Waals surface area contributed by atoms with Gasteiger partial charge in [-0.15, -0.1) is 12.4 Å². The van der Waals surface area contributed by atoms with Gasteiger partial charge in [0.2, 0.25) is 0 Å². The first kappa shape index (κ1) is 17.4. The summed E-state index contributed by atoms with van der Waals surface area (Å²) in [7, 11) is 1.92. The molecule has 2 aromatic heterocycles. The van der Waals surface area contributed by atoms with Crippen molar-refractivity contribution in [3.8, 4) is 11.5 Å². The maximum absolute atomic E-state index is 5.43. The molecule has 5 nitrogen and oxygen atoms in total. The zero-order valence-electron chi connectivity index (χ0n) is 13.8. The molecule has 0 aliphatic rings. The van der Waals surface area contributed by atoms with Crippen molar-refractivity contribution in [3.05, 3.63) is 41.3 Å². The lowest BCUT2D eigenvalue weighted by Crippen LogP contribution is -2.24. The van der Waals surface area contributed by atoms with E-state index in [0.717, 1.165) is 28.6 Å². The van der Waals surface area contributed by atoms with Crippen LogP contribution in [0.4, 0.5) is 0 Å². The molecule has 0 fully saturated rings. The lowest BCUT2D eigenvalue weighted by Gasteiger charge is -2.05. The van der Waals surface area contributed by atoms with Gasteiger partial charge in [0.1, 0.15) is 0 Å². The Morgan fingerprint density at radius 1 is 1.17 bits per heavy atom. The molecule has 0 amide bonds. The number of hydrogen-bond acceptors (Lipinski definition) is 5. The monoisotopic (exact) mass is 332 g/mol. The quantitative estimate of drug-likeness (QED) is 0.792. The van der Waals surface area contributed by atoms with Gasteiger partial charge in [-0.2, -0.15) is 4.98 Å². The van der Waals surface area contributed by atoms with Crippen LogP contribution in [0, 0.1) is 13.8 Å². The number of aryl methyl sites for hydroxylation is 2. The molecular weight excluding hydrogens is 312 g/mol. The van der Waals surface area contributed by atoms with Crippen LogP contribution in [0.2, 0.25) is 0 Å². The van der Waals surface area contributed by atoms with E-state index in [4.69, 9.17) is 4.52 Å². The van der Waals surface area contributed by atoms with Crippen LogP contribution in [-0.2, 0) is 6.42 Å². The molecule has 0 radical (unpaired) electrons. The second-order valence-corrected chi connectivity index (χ2v) is 5.73. The molecule has 122 valence electrons. The molecule has 23 heavy (non-hydrogen) atoms. The van der Waals surface area contributed by atoms with Crippen LogP contribution in [0.5, 0.6) is 0 Å². The Morgan fingerprint density at radius 3 is 2.70 bits per heavy atom. The van der Waals surface area contributed by atoms with Crippen molar-refractivity contribution in [3.63, 3.8) is 0 Å². The van der Waals surface area contributed by atoms with Crippen molar-refractivity contribution in [1.29, 1.82) is 0 Å². The molecule has 1 N–H and O–H groups in total. The lowest BCUT2D eigenvalue weighted by atomic mass is 10.1. The third-order valence-corrected chi connectivity index (χ3v) is 3.84. The van der Waals surface area contributed by atoms with Crippen LogP contribution in [0.15, 0.2) is 28.8 Å². The third-order valence-electron chi connectivity index (χ3n) is 3.84. The number of nitrogens with zero attached hydrogens (tertiary/aromatic N) is 3. The fraction of sp³-hybridized carbons (Fsp3) is 0.353. The van der Waals surface area contributed by atoms with Gasteiger partial charge in [-0.1, -0.05) is 16.8 Å². The van der Waals surface area contributed by atoms with Gasteiger partial charge in [0.05, 0.1) is 16.8 Å². The normalized spacial score (nSPS) is 12.2. The summed E-state index contributed by atoms with van der Waals surface area (Å²) in [6.45, 7) is 6.12. The van der Waals surface area contributed by atoms with Gasteiger partial charge in [-0.3, -0.25) is 4.98 Å². The van der Waals surface area contributed by atoms with E-state index in [-0.39, 0.29) is 12.4 Å². The summed E-state index contributed by atoms with van der Waals surface area (Å²) in [4.78, 5) is 9.14. The van der Waals surface area contributed by atoms with Crippen molar-refractivity contribution in [1.82, 2.24) is 20.4 Å². The smallest absolute Gasteiger partial charge is 0.259 e. The minimum atomic E-state index is 0. The van der Waals surface area contributed by atoms with Crippen molar-refractivity contribution in [2.24, 2.45) is 0 Å². The summed E-state index contributed by atoms with van der Waals surface area (Å²) in [5, 5.41) is 8.32. The Morgan fingerprint density at radius 2 is 1.96 bits per heavy atom. The second kappa shape index (κ2) is 7.06. The largest absolute Gasteiger partial charge is 0.334 e. The van der Waals surface area contributed by atoms with Crippen LogP contribution >= 0.6 is 12.4 Å². The highest BCUT2D eigenvalue weighted by Gasteiger charge is 2.14. The van der Waals surface area contributed by atoms with E-state index >= 15 is 0 Å². The maximum atomic E-state index is 5.43. The number of nitrogens with one attached hydrogen (secondary N) is 1. The first-order valence-corrected chi connectivity index (χ1v) is 7.45. The van der Waals surface area contributed by atoms with Gasteiger partial charge >= 0.3 is 0 Å². The van der Waals surface area contributed by atoms with Gasteiger partial charge < -0.3 is 9.84 Å². The van der Waals surface area contributed by atoms with E-state index in [1.807, 2.05) is 20.0 Å². The predicted molar refractivity (Wildman–Crippen MR) is 94.0 cm³/mol. The molecule has 0 saturated carbocycles.